The fourth-order valence-electron chi connectivity index (χ4n) is 3.39. The van der Waals surface area contributed by atoms with E-state index in [4.69, 9.17) is 0 Å². The van der Waals surface area contributed by atoms with Crippen molar-refractivity contribution < 1.29 is 9.18 Å². The lowest BCUT2D eigenvalue weighted by Gasteiger charge is -2.33. The predicted octanol–water partition coefficient (Wildman–Crippen LogP) is 2.68. The first-order chi connectivity index (χ1) is 12.2. The minimum Gasteiger partial charge on any atom is -0.372 e. The maximum absolute atomic E-state index is 13.3. The lowest BCUT2D eigenvalue weighted by atomic mass is 9.92. The molecule has 1 aromatic heterocycles. The number of carbonyl (C=O) groups excluding carboxylic acids is 1. The van der Waals surface area contributed by atoms with Gasteiger partial charge in [0.2, 0.25) is 5.91 Å². The number of rotatable bonds is 5. The highest BCUT2D eigenvalue weighted by molar-refractivity contribution is 5.78. The van der Waals surface area contributed by atoms with Crippen LogP contribution in [0.2, 0.25) is 0 Å². The first-order valence-corrected chi connectivity index (χ1v) is 8.65. The van der Waals surface area contributed by atoms with Crippen LogP contribution in [-0.4, -0.2) is 40.9 Å². The topological polar surface area (TPSA) is 58.1 Å². The number of anilines is 1. The Hall–Kier alpha value is -2.50. The van der Waals surface area contributed by atoms with Gasteiger partial charge in [-0.05, 0) is 42.9 Å². The van der Waals surface area contributed by atoms with Gasteiger partial charge in [0, 0.05) is 32.5 Å². The van der Waals surface area contributed by atoms with E-state index in [-0.39, 0.29) is 18.1 Å². The fraction of sp³-hybridized carbons (Fsp3) is 0.421. The van der Waals surface area contributed by atoms with Crippen molar-refractivity contribution in [2.75, 3.05) is 25.5 Å². The van der Waals surface area contributed by atoms with E-state index < -0.39 is 0 Å². The summed E-state index contributed by atoms with van der Waals surface area (Å²) in [4.78, 5) is 23.2. The van der Waals surface area contributed by atoms with E-state index in [1.54, 1.807) is 24.5 Å². The molecule has 132 valence electrons. The number of piperidine rings is 1. The van der Waals surface area contributed by atoms with Crippen molar-refractivity contribution >= 4 is 11.7 Å². The summed E-state index contributed by atoms with van der Waals surface area (Å²) in [6.45, 7) is 1.48. The summed E-state index contributed by atoms with van der Waals surface area (Å²) in [5.41, 5.74) is 1.66. The molecule has 2 heterocycles. The number of hydrogen-bond donors (Lipinski definition) is 1. The standard InChI is InChI=1S/C19H23FN4O/c1-21-19-17(22-7-8-23-19)11-15-5-3-9-24(13-15)18(25)12-14-4-2-6-16(20)10-14/h2,4,6-8,10,15H,3,5,9,11-13H2,1H3,(H,21,23)/t15-/m0/s1. The van der Waals surface area contributed by atoms with Gasteiger partial charge in [0.25, 0.3) is 0 Å². The van der Waals surface area contributed by atoms with E-state index in [0.29, 0.717) is 12.5 Å². The number of halogens is 1. The molecule has 1 aliphatic heterocycles. The van der Waals surface area contributed by atoms with Crippen molar-refractivity contribution in [1.29, 1.82) is 0 Å². The number of hydrogen-bond acceptors (Lipinski definition) is 4. The molecule has 0 unspecified atom stereocenters. The van der Waals surface area contributed by atoms with Gasteiger partial charge in [-0.3, -0.25) is 9.78 Å². The average molecular weight is 342 g/mol. The van der Waals surface area contributed by atoms with E-state index in [2.05, 4.69) is 15.3 Å². The van der Waals surface area contributed by atoms with Crippen molar-refractivity contribution in [1.82, 2.24) is 14.9 Å². The number of nitrogens with one attached hydrogen (secondary N) is 1. The van der Waals surface area contributed by atoms with E-state index >= 15 is 0 Å². The second-order valence-corrected chi connectivity index (χ2v) is 6.46. The van der Waals surface area contributed by atoms with Crippen molar-refractivity contribution in [3.8, 4) is 0 Å². The van der Waals surface area contributed by atoms with Crippen LogP contribution in [0.5, 0.6) is 0 Å². The summed E-state index contributed by atoms with van der Waals surface area (Å²) >= 11 is 0. The van der Waals surface area contributed by atoms with Crippen molar-refractivity contribution in [3.63, 3.8) is 0 Å². The van der Waals surface area contributed by atoms with Crippen molar-refractivity contribution in [2.24, 2.45) is 5.92 Å². The van der Waals surface area contributed by atoms with Crippen LogP contribution in [0.1, 0.15) is 24.1 Å². The lowest BCUT2D eigenvalue weighted by Crippen LogP contribution is -2.41. The van der Waals surface area contributed by atoms with Gasteiger partial charge in [0.05, 0.1) is 12.1 Å². The molecule has 6 heteroatoms. The van der Waals surface area contributed by atoms with Crippen LogP contribution in [0, 0.1) is 11.7 Å². The third kappa shape index (κ3) is 4.53. The molecule has 1 N–H and O–H groups in total. The van der Waals surface area contributed by atoms with Crippen LogP contribution in [0.15, 0.2) is 36.7 Å². The average Bonchev–Trinajstić information content (AvgIpc) is 2.62. The Kier molecular flexibility index (Phi) is 5.58. The highest BCUT2D eigenvalue weighted by Crippen LogP contribution is 2.23. The zero-order valence-electron chi connectivity index (χ0n) is 14.4. The van der Waals surface area contributed by atoms with Crippen molar-refractivity contribution in [3.05, 3.63) is 53.7 Å². The van der Waals surface area contributed by atoms with Crippen LogP contribution in [-0.2, 0) is 17.6 Å². The highest BCUT2D eigenvalue weighted by atomic mass is 19.1. The summed E-state index contributed by atoms with van der Waals surface area (Å²) in [6, 6.07) is 6.26. The van der Waals surface area contributed by atoms with Gasteiger partial charge in [-0.2, -0.15) is 0 Å². The quantitative estimate of drug-likeness (QED) is 0.908. The molecule has 1 fully saturated rings. The second-order valence-electron chi connectivity index (χ2n) is 6.46. The third-order valence-electron chi connectivity index (χ3n) is 4.61. The molecule has 0 radical (unpaired) electrons. The molecule has 1 atom stereocenters. The molecule has 1 saturated heterocycles. The summed E-state index contributed by atoms with van der Waals surface area (Å²) in [6.07, 6.45) is 6.47. The third-order valence-corrected chi connectivity index (χ3v) is 4.61. The van der Waals surface area contributed by atoms with Gasteiger partial charge < -0.3 is 10.2 Å². The van der Waals surface area contributed by atoms with Crippen LogP contribution < -0.4 is 5.32 Å². The normalized spacial score (nSPS) is 17.4. The number of carbonyl (C=O) groups is 1. The molecule has 1 aromatic carbocycles. The number of aromatic nitrogens is 2. The maximum atomic E-state index is 13.3. The Labute approximate surface area is 147 Å². The summed E-state index contributed by atoms with van der Waals surface area (Å²) in [5.74, 6) is 0.923. The molecule has 2 aromatic rings. The molecule has 3 rings (SSSR count). The first-order valence-electron chi connectivity index (χ1n) is 8.65. The van der Waals surface area contributed by atoms with Gasteiger partial charge in [-0.1, -0.05) is 12.1 Å². The van der Waals surface area contributed by atoms with Crippen molar-refractivity contribution in [2.45, 2.75) is 25.7 Å². The number of benzene rings is 1. The lowest BCUT2D eigenvalue weighted by molar-refractivity contribution is -0.132. The minimum atomic E-state index is -0.302. The second kappa shape index (κ2) is 8.05. The van der Waals surface area contributed by atoms with Gasteiger partial charge >= 0.3 is 0 Å². The Morgan fingerprint density at radius 2 is 2.20 bits per heavy atom. The van der Waals surface area contributed by atoms with Crippen LogP contribution in [0.25, 0.3) is 0 Å². The van der Waals surface area contributed by atoms with E-state index in [0.717, 1.165) is 42.9 Å². The molecule has 5 nitrogen and oxygen atoms in total. The molecule has 0 bridgehead atoms. The first kappa shape index (κ1) is 17.3. The molecule has 1 aliphatic rings. The van der Waals surface area contributed by atoms with Crippen LogP contribution >= 0.6 is 0 Å². The number of likely N-dealkylation sites (tertiary alicyclic amines) is 1. The SMILES string of the molecule is CNc1nccnc1C[C@@H]1CCCN(C(=O)Cc2cccc(F)c2)C1. The zero-order valence-corrected chi connectivity index (χ0v) is 14.4. The molecular formula is C19H23FN4O. The van der Waals surface area contributed by atoms with Gasteiger partial charge in [-0.15, -0.1) is 0 Å². The van der Waals surface area contributed by atoms with Crippen LogP contribution in [0.4, 0.5) is 10.2 Å². The fourth-order valence-corrected chi connectivity index (χ4v) is 3.39. The van der Waals surface area contributed by atoms with Crippen LogP contribution in [0.3, 0.4) is 0 Å². The molecule has 0 aliphatic carbocycles. The van der Waals surface area contributed by atoms with E-state index in [9.17, 15) is 9.18 Å². The molecular weight excluding hydrogens is 319 g/mol. The maximum Gasteiger partial charge on any atom is 0.227 e. The van der Waals surface area contributed by atoms with E-state index in [1.165, 1.54) is 12.1 Å². The predicted molar refractivity (Wildman–Crippen MR) is 94.7 cm³/mol. The molecule has 0 spiro atoms. The molecule has 0 saturated carbocycles. The Bertz CT molecular complexity index is 737. The highest BCUT2D eigenvalue weighted by Gasteiger charge is 2.25. The monoisotopic (exact) mass is 342 g/mol. The smallest absolute Gasteiger partial charge is 0.227 e. The number of amides is 1. The molecule has 25 heavy (non-hydrogen) atoms. The van der Waals surface area contributed by atoms with Gasteiger partial charge in [-0.25, -0.2) is 9.37 Å². The Morgan fingerprint density at radius 3 is 3.00 bits per heavy atom. The van der Waals surface area contributed by atoms with Gasteiger partial charge in [0.15, 0.2) is 0 Å². The number of nitrogens with zero attached hydrogens (tertiary/aromatic N) is 3. The Balaban J connectivity index is 1.61. The van der Waals surface area contributed by atoms with E-state index in [1.807, 2.05) is 11.9 Å². The minimum absolute atomic E-state index is 0.0586. The summed E-state index contributed by atoms with van der Waals surface area (Å²) in [7, 11) is 1.84. The summed E-state index contributed by atoms with van der Waals surface area (Å²) < 4.78 is 13.3. The molecule has 1 amide bonds. The summed E-state index contributed by atoms with van der Waals surface area (Å²) in [5, 5.41) is 3.07. The Morgan fingerprint density at radius 1 is 1.36 bits per heavy atom. The zero-order chi connectivity index (χ0) is 17.6. The largest absolute Gasteiger partial charge is 0.372 e. The van der Waals surface area contributed by atoms with Gasteiger partial charge in [0.1, 0.15) is 11.6 Å².